The van der Waals surface area contributed by atoms with Crippen LogP contribution in [0.15, 0.2) is 47.4 Å². The van der Waals surface area contributed by atoms with E-state index in [4.69, 9.17) is 0 Å². The summed E-state index contributed by atoms with van der Waals surface area (Å²) in [6.07, 6.45) is 2.04. The van der Waals surface area contributed by atoms with Crippen molar-refractivity contribution in [2.45, 2.75) is 18.7 Å². The van der Waals surface area contributed by atoms with E-state index in [-0.39, 0.29) is 5.91 Å². The summed E-state index contributed by atoms with van der Waals surface area (Å²) in [6.45, 7) is 8.53. The van der Waals surface area contributed by atoms with Crippen molar-refractivity contribution in [3.8, 4) is 0 Å². The van der Waals surface area contributed by atoms with Crippen molar-refractivity contribution < 1.29 is 4.79 Å². The molecule has 0 bridgehead atoms. The molecule has 1 fully saturated rings. The Morgan fingerprint density at radius 2 is 1.81 bits per heavy atom. The van der Waals surface area contributed by atoms with Gasteiger partial charge in [0.05, 0.1) is 6.54 Å². The maximum absolute atomic E-state index is 12.4. The number of piperazine rings is 1. The first-order valence-corrected chi connectivity index (χ1v) is 10.3. The molecule has 138 valence electrons. The van der Waals surface area contributed by atoms with Crippen LogP contribution in [-0.2, 0) is 4.79 Å². The molecule has 1 aliphatic heterocycles. The summed E-state index contributed by atoms with van der Waals surface area (Å²) in [7, 11) is 0. The second-order valence-electron chi connectivity index (χ2n) is 6.76. The number of aryl methyl sites for hydroxylation is 1. The molecule has 3 rings (SSSR count). The topological polar surface area (TPSA) is 35.6 Å². The Labute approximate surface area is 160 Å². The first-order valence-electron chi connectivity index (χ1n) is 9.04. The van der Waals surface area contributed by atoms with Crippen LogP contribution < -0.4 is 10.2 Å². The SMILES string of the molecule is CSc1cccc(NC(=O)CN2CCN(c3cccc(C)c3C)CC2)c1. The van der Waals surface area contributed by atoms with Gasteiger partial charge in [0.25, 0.3) is 0 Å². The van der Waals surface area contributed by atoms with E-state index in [0.717, 1.165) is 36.8 Å². The standard InChI is InChI=1S/C21H27N3OS/c1-16-6-4-9-20(17(16)2)24-12-10-23(11-13-24)15-21(25)22-18-7-5-8-19(14-18)26-3/h4-9,14H,10-13,15H2,1-3H3,(H,22,25). The molecular formula is C21H27N3OS. The predicted octanol–water partition coefficient (Wildman–Crippen LogP) is 3.79. The highest BCUT2D eigenvalue weighted by molar-refractivity contribution is 7.98. The quantitative estimate of drug-likeness (QED) is 0.814. The van der Waals surface area contributed by atoms with Gasteiger partial charge in [0.2, 0.25) is 5.91 Å². The van der Waals surface area contributed by atoms with Gasteiger partial charge in [0, 0.05) is 42.4 Å². The minimum atomic E-state index is 0.0587. The fourth-order valence-corrected chi connectivity index (χ4v) is 3.79. The Kier molecular flexibility index (Phi) is 6.22. The zero-order chi connectivity index (χ0) is 18.5. The highest BCUT2D eigenvalue weighted by Crippen LogP contribution is 2.24. The van der Waals surface area contributed by atoms with Gasteiger partial charge in [0.15, 0.2) is 0 Å². The number of anilines is 2. The highest BCUT2D eigenvalue weighted by atomic mass is 32.2. The molecule has 0 aliphatic carbocycles. The number of thioether (sulfide) groups is 1. The molecule has 0 aromatic heterocycles. The number of hydrogen-bond acceptors (Lipinski definition) is 4. The molecule has 0 spiro atoms. The summed E-state index contributed by atoms with van der Waals surface area (Å²) in [5.74, 6) is 0.0587. The highest BCUT2D eigenvalue weighted by Gasteiger charge is 2.20. The van der Waals surface area contributed by atoms with Gasteiger partial charge in [0.1, 0.15) is 0 Å². The maximum Gasteiger partial charge on any atom is 0.238 e. The summed E-state index contributed by atoms with van der Waals surface area (Å²) in [4.78, 5) is 18.2. The van der Waals surface area contributed by atoms with Gasteiger partial charge in [-0.15, -0.1) is 11.8 Å². The number of amides is 1. The normalized spacial score (nSPS) is 15.1. The van der Waals surface area contributed by atoms with E-state index < -0.39 is 0 Å². The minimum absolute atomic E-state index is 0.0587. The van der Waals surface area contributed by atoms with Crippen LogP contribution in [-0.4, -0.2) is 49.8 Å². The van der Waals surface area contributed by atoms with Gasteiger partial charge in [-0.25, -0.2) is 0 Å². The molecule has 1 amide bonds. The lowest BCUT2D eigenvalue weighted by atomic mass is 10.1. The molecule has 0 atom stereocenters. The first-order chi connectivity index (χ1) is 12.6. The predicted molar refractivity (Wildman–Crippen MR) is 111 cm³/mol. The van der Waals surface area contributed by atoms with Crippen LogP contribution in [0.2, 0.25) is 0 Å². The molecule has 0 radical (unpaired) electrons. The van der Waals surface area contributed by atoms with Crippen molar-refractivity contribution in [2.24, 2.45) is 0 Å². The Morgan fingerprint density at radius 3 is 2.54 bits per heavy atom. The molecule has 26 heavy (non-hydrogen) atoms. The van der Waals surface area contributed by atoms with Gasteiger partial charge >= 0.3 is 0 Å². The number of nitrogens with zero attached hydrogens (tertiary/aromatic N) is 2. The van der Waals surface area contributed by atoms with Crippen molar-refractivity contribution in [1.82, 2.24) is 4.90 Å². The fraction of sp³-hybridized carbons (Fsp3) is 0.381. The molecule has 2 aromatic rings. The van der Waals surface area contributed by atoms with Crippen LogP contribution in [0.4, 0.5) is 11.4 Å². The second kappa shape index (κ2) is 8.60. The van der Waals surface area contributed by atoms with Crippen LogP contribution in [0.5, 0.6) is 0 Å². The summed E-state index contributed by atoms with van der Waals surface area (Å²) in [5, 5.41) is 3.02. The fourth-order valence-electron chi connectivity index (χ4n) is 3.33. The van der Waals surface area contributed by atoms with Crippen LogP contribution in [0, 0.1) is 13.8 Å². The van der Waals surface area contributed by atoms with Crippen LogP contribution in [0.3, 0.4) is 0 Å². The van der Waals surface area contributed by atoms with Crippen LogP contribution in [0.1, 0.15) is 11.1 Å². The van der Waals surface area contributed by atoms with Gasteiger partial charge in [-0.1, -0.05) is 18.2 Å². The number of carbonyl (C=O) groups excluding carboxylic acids is 1. The van der Waals surface area contributed by atoms with E-state index in [2.05, 4.69) is 47.2 Å². The lowest BCUT2D eigenvalue weighted by Gasteiger charge is -2.36. The van der Waals surface area contributed by atoms with E-state index in [0.29, 0.717) is 6.54 Å². The lowest BCUT2D eigenvalue weighted by Crippen LogP contribution is -2.48. The van der Waals surface area contributed by atoms with Crippen molar-refractivity contribution in [1.29, 1.82) is 0 Å². The molecule has 2 aromatic carbocycles. The Hall–Kier alpha value is -1.98. The summed E-state index contributed by atoms with van der Waals surface area (Å²) in [6, 6.07) is 14.5. The molecule has 0 unspecified atom stereocenters. The number of carbonyl (C=O) groups is 1. The summed E-state index contributed by atoms with van der Waals surface area (Å²) in [5.41, 5.74) is 4.88. The van der Waals surface area contributed by atoms with Gasteiger partial charge < -0.3 is 10.2 Å². The van der Waals surface area contributed by atoms with E-state index in [9.17, 15) is 4.79 Å². The minimum Gasteiger partial charge on any atom is -0.369 e. The van der Waals surface area contributed by atoms with Crippen LogP contribution in [0.25, 0.3) is 0 Å². The third-order valence-electron chi connectivity index (χ3n) is 5.01. The number of nitrogens with one attached hydrogen (secondary N) is 1. The summed E-state index contributed by atoms with van der Waals surface area (Å²) < 4.78 is 0. The molecule has 1 aliphatic rings. The molecule has 1 N–H and O–H groups in total. The first kappa shape index (κ1) is 18.8. The monoisotopic (exact) mass is 369 g/mol. The van der Waals surface area contributed by atoms with Crippen molar-refractivity contribution in [3.05, 3.63) is 53.6 Å². The van der Waals surface area contributed by atoms with E-state index in [1.54, 1.807) is 11.8 Å². The Bertz CT molecular complexity index is 770. The smallest absolute Gasteiger partial charge is 0.238 e. The summed E-state index contributed by atoms with van der Waals surface area (Å²) >= 11 is 1.68. The zero-order valence-electron chi connectivity index (χ0n) is 15.8. The van der Waals surface area contributed by atoms with Crippen molar-refractivity contribution >= 4 is 29.0 Å². The average molecular weight is 370 g/mol. The maximum atomic E-state index is 12.4. The molecule has 1 heterocycles. The van der Waals surface area contributed by atoms with Gasteiger partial charge in [-0.05, 0) is 55.5 Å². The number of hydrogen-bond donors (Lipinski definition) is 1. The third-order valence-corrected chi connectivity index (χ3v) is 5.74. The van der Waals surface area contributed by atoms with Crippen LogP contribution >= 0.6 is 11.8 Å². The van der Waals surface area contributed by atoms with Gasteiger partial charge in [-0.3, -0.25) is 9.69 Å². The largest absolute Gasteiger partial charge is 0.369 e. The zero-order valence-corrected chi connectivity index (χ0v) is 16.6. The molecule has 4 nitrogen and oxygen atoms in total. The Morgan fingerprint density at radius 1 is 1.08 bits per heavy atom. The van der Waals surface area contributed by atoms with Crippen molar-refractivity contribution in [3.63, 3.8) is 0 Å². The number of benzene rings is 2. The van der Waals surface area contributed by atoms with Crippen molar-refractivity contribution in [2.75, 3.05) is 49.2 Å². The third kappa shape index (κ3) is 4.59. The average Bonchev–Trinajstić information content (AvgIpc) is 2.65. The van der Waals surface area contributed by atoms with Gasteiger partial charge in [-0.2, -0.15) is 0 Å². The molecule has 5 heteroatoms. The van der Waals surface area contributed by atoms with E-state index in [1.807, 2.05) is 30.5 Å². The van der Waals surface area contributed by atoms with E-state index >= 15 is 0 Å². The molecule has 0 saturated carbocycles. The Balaban J connectivity index is 1.52. The van der Waals surface area contributed by atoms with E-state index in [1.165, 1.54) is 16.8 Å². The lowest BCUT2D eigenvalue weighted by molar-refractivity contribution is -0.117. The molecule has 1 saturated heterocycles. The number of rotatable bonds is 5. The second-order valence-corrected chi connectivity index (χ2v) is 7.64. The molecular weight excluding hydrogens is 342 g/mol.